The van der Waals surface area contributed by atoms with E-state index in [-0.39, 0.29) is 0 Å². The number of pyridine rings is 2. The molecule has 6 heteroatoms. The largest absolute Gasteiger partial charge is 0.464 e. The molecule has 3 aromatic heterocycles. The number of likely N-dealkylation sites (N-methyl/N-ethyl adjacent to an activating group) is 1. The molecular weight excluding hydrogens is 292 g/mol. The molecular formula is C17H16N4O2. The topological polar surface area (TPSA) is 59.7 Å². The zero-order valence-corrected chi connectivity index (χ0v) is 13.0. The summed E-state index contributed by atoms with van der Waals surface area (Å²) in [5.74, 6) is 0.559. The minimum Gasteiger partial charge on any atom is -0.464 e. The first-order chi connectivity index (χ1) is 11.2. The van der Waals surface area contributed by atoms with Gasteiger partial charge < -0.3 is 9.64 Å². The Labute approximate surface area is 133 Å². The third-order valence-electron chi connectivity index (χ3n) is 4.20. The van der Waals surface area contributed by atoms with Gasteiger partial charge in [0.2, 0.25) is 0 Å². The third-order valence-corrected chi connectivity index (χ3v) is 4.20. The van der Waals surface area contributed by atoms with Gasteiger partial charge in [0.05, 0.1) is 12.8 Å². The predicted molar refractivity (Wildman–Crippen MR) is 86.7 cm³/mol. The second kappa shape index (κ2) is 5.08. The molecule has 1 aliphatic heterocycles. The average molecular weight is 308 g/mol. The molecule has 23 heavy (non-hydrogen) atoms. The van der Waals surface area contributed by atoms with Crippen LogP contribution in [0.5, 0.6) is 0 Å². The number of carbonyl (C=O) groups is 1. The van der Waals surface area contributed by atoms with Crippen LogP contribution in [0.1, 0.15) is 16.1 Å². The third kappa shape index (κ3) is 2.06. The van der Waals surface area contributed by atoms with Crippen molar-refractivity contribution in [2.24, 2.45) is 0 Å². The second-order valence-electron chi connectivity index (χ2n) is 5.61. The van der Waals surface area contributed by atoms with E-state index in [9.17, 15) is 4.79 Å². The van der Waals surface area contributed by atoms with Gasteiger partial charge in [-0.2, -0.15) is 0 Å². The summed E-state index contributed by atoms with van der Waals surface area (Å²) in [5.41, 5.74) is 3.80. The highest BCUT2D eigenvalue weighted by Crippen LogP contribution is 2.31. The molecule has 0 unspecified atom stereocenters. The van der Waals surface area contributed by atoms with E-state index in [1.54, 1.807) is 6.20 Å². The number of aromatic nitrogens is 3. The minimum absolute atomic E-state index is 0.312. The van der Waals surface area contributed by atoms with Gasteiger partial charge in [0, 0.05) is 31.5 Å². The van der Waals surface area contributed by atoms with Crippen LogP contribution in [0, 0.1) is 0 Å². The number of hydrogen-bond acceptors (Lipinski definition) is 5. The van der Waals surface area contributed by atoms with E-state index in [4.69, 9.17) is 4.74 Å². The average Bonchev–Trinajstić information content (AvgIpc) is 3.15. The van der Waals surface area contributed by atoms with E-state index >= 15 is 0 Å². The van der Waals surface area contributed by atoms with Crippen molar-refractivity contribution in [3.05, 3.63) is 47.9 Å². The number of hydrogen-bond donors (Lipinski definition) is 0. The summed E-state index contributed by atoms with van der Waals surface area (Å²) in [5, 5.41) is 0. The number of carbonyl (C=O) groups excluding carboxylic acids is 1. The first kappa shape index (κ1) is 13.8. The van der Waals surface area contributed by atoms with Crippen molar-refractivity contribution in [3.63, 3.8) is 0 Å². The van der Waals surface area contributed by atoms with E-state index in [0.717, 1.165) is 30.0 Å². The molecule has 1 aliphatic rings. The molecule has 0 spiro atoms. The highest BCUT2D eigenvalue weighted by molar-refractivity contribution is 5.95. The summed E-state index contributed by atoms with van der Waals surface area (Å²) in [6.07, 6.45) is 4.64. The Bertz CT molecular complexity index is 916. The van der Waals surface area contributed by atoms with E-state index < -0.39 is 5.97 Å². The molecule has 0 saturated carbocycles. The standard InChI is InChI=1S/C17H16N4O2/c1-20-8-6-11-9-12(10-18-16(11)20)15-14(17(22)23-2)19-13-5-3-4-7-21(13)15/h3-5,7,9-10H,6,8H2,1-2H3. The summed E-state index contributed by atoms with van der Waals surface area (Å²) < 4.78 is 6.79. The highest BCUT2D eigenvalue weighted by atomic mass is 16.5. The number of imidazole rings is 1. The lowest BCUT2D eigenvalue weighted by atomic mass is 10.1. The van der Waals surface area contributed by atoms with Crippen molar-refractivity contribution < 1.29 is 9.53 Å². The van der Waals surface area contributed by atoms with Crippen molar-refractivity contribution >= 4 is 17.4 Å². The zero-order valence-electron chi connectivity index (χ0n) is 13.0. The molecule has 6 nitrogen and oxygen atoms in total. The Kier molecular flexibility index (Phi) is 3.04. The predicted octanol–water partition coefficient (Wildman–Crippen LogP) is 2.18. The lowest BCUT2D eigenvalue weighted by Gasteiger charge is -2.11. The fourth-order valence-corrected chi connectivity index (χ4v) is 3.07. The Morgan fingerprint density at radius 3 is 3.04 bits per heavy atom. The minimum atomic E-state index is -0.443. The quantitative estimate of drug-likeness (QED) is 0.679. The van der Waals surface area contributed by atoms with Gasteiger partial charge in [0.25, 0.3) is 0 Å². The van der Waals surface area contributed by atoms with Crippen LogP contribution in [0.2, 0.25) is 0 Å². The van der Waals surface area contributed by atoms with Crippen LogP contribution >= 0.6 is 0 Å². The number of nitrogens with zero attached hydrogens (tertiary/aromatic N) is 4. The van der Waals surface area contributed by atoms with Gasteiger partial charge in [-0.15, -0.1) is 0 Å². The molecule has 0 saturated heterocycles. The molecule has 0 amide bonds. The first-order valence-electron chi connectivity index (χ1n) is 7.45. The molecule has 0 radical (unpaired) electrons. The van der Waals surface area contributed by atoms with Gasteiger partial charge in [-0.1, -0.05) is 6.07 Å². The second-order valence-corrected chi connectivity index (χ2v) is 5.61. The molecule has 0 bridgehead atoms. The number of rotatable bonds is 2. The van der Waals surface area contributed by atoms with Crippen molar-refractivity contribution in [2.75, 3.05) is 25.6 Å². The maximum absolute atomic E-state index is 12.1. The summed E-state index contributed by atoms with van der Waals surface area (Å²) in [7, 11) is 3.40. The number of esters is 1. The normalized spacial score (nSPS) is 13.4. The fraction of sp³-hybridized carbons (Fsp3) is 0.235. The molecule has 116 valence electrons. The molecule has 4 heterocycles. The molecule has 3 aromatic rings. The number of fused-ring (bicyclic) bond motifs is 2. The molecule has 0 atom stereocenters. The SMILES string of the molecule is COC(=O)c1nc2ccccn2c1-c1cnc2c(c1)CCN2C. The lowest BCUT2D eigenvalue weighted by Crippen LogP contribution is -2.13. The molecule has 0 fully saturated rings. The molecule has 0 aromatic carbocycles. The van der Waals surface area contributed by atoms with Crippen LogP contribution in [0.15, 0.2) is 36.7 Å². The van der Waals surface area contributed by atoms with Crippen LogP contribution in [-0.4, -0.2) is 41.0 Å². The van der Waals surface area contributed by atoms with E-state index in [1.165, 1.54) is 12.7 Å². The number of anilines is 1. The Balaban J connectivity index is 1.96. The molecule has 0 aliphatic carbocycles. The summed E-state index contributed by atoms with van der Waals surface area (Å²) in [6.45, 7) is 0.961. The summed E-state index contributed by atoms with van der Waals surface area (Å²) in [4.78, 5) is 23.3. The van der Waals surface area contributed by atoms with Crippen LogP contribution < -0.4 is 4.90 Å². The maximum Gasteiger partial charge on any atom is 0.358 e. The number of methoxy groups -OCH3 is 1. The van der Waals surface area contributed by atoms with Crippen LogP contribution in [0.3, 0.4) is 0 Å². The van der Waals surface area contributed by atoms with E-state index in [2.05, 4.69) is 20.9 Å². The summed E-state index contributed by atoms with van der Waals surface area (Å²) in [6, 6.07) is 7.76. The van der Waals surface area contributed by atoms with Crippen molar-refractivity contribution in [3.8, 4) is 11.3 Å². The Morgan fingerprint density at radius 1 is 1.35 bits per heavy atom. The molecule has 4 rings (SSSR count). The van der Waals surface area contributed by atoms with Crippen molar-refractivity contribution in [1.29, 1.82) is 0 Å². The molecule has 0 N–H and O–H groups in total. The van der Waals surface area contributed by atoms with Crippen LogP contribution in [0.4, 0.5) is 5.82 Å². The van der Waals surface area contributed by atoms with Crippen LogP contribution in [0.25, 0.3) is 16.9 Å². The fourth-order valence-electron chi connectivity index (χ4n) is 3.07. The number of ether oxygens (including phenoxy) is 1. The van der Waals surface area contributed by atoms with Gasteiger partial charge in [-0.05, 0) is 30.2 Å². The van der Waals surface area contributed by atoms with Gasteiger partial charge in [-0.25, -0.2) is 14.8 Å². The Hall–Kier alpha value is -2.89. The van der Waals surface area contributed by atoms with E-state index in [0.29, 0.717) is 11.3 Å². The smallest absolute Gasteiger partial charge is 0.358 e. The Morgan fingerprint density at radius 2 is 2.22 bits per heavy atom. The van der Waals surface area contributed by atoms with Gasteiger partial charge in [0.15, 0.2) is 5.69 Å². The van der Waals surface area contributed by atoms with Crippen molar-refractivity contribution in [2.45, 2.75) is 6.42 Å². The first-order valence-corrected chi connectivity index (χ1v) is 7.45. The van der Waals surface area contributed by atoms with E-state index in [1.807, 2.05) is 35.8 Å². The van der Waals surface area contributed by atoms with Crippen LogP contribution in [-0.2, 0) is 11.2 Å². The maximum atomic E-state index is 12.1. The van der Waals surface area contributed by atoms with Gasteiger partial charge in [0.1, 0.15) is 11.5 Å². The van der Waals surface area contributed by atoms with Gasteiger partial charge >= 0.3 is 5.97 Å². The lowest BCUT2D eigenvalue weighted by molar-refractivity contribution is 0.0596. The highest BCUT2D eigenvalue weighted by Gasteiger charge is 2.23. The zero-order chi connectivity index (χ0) is 16.0. The monoisotopic (exact) mass is 308 g/mol. The van der Waals surface area contributed by atoms with Gasteiger partial charge in [-0.3, -0.25) is 4.40 Å². The summed E-state index contributed by atoms with van der Waals surface area (Å²) >= 11 is 0. The van der Waals surface area contributed by atoms with Crippen molar-refractivity contribution in [1.82, 2.24) is 14.4 Å².